The van der Waals surface area contributed by atoms with Gasteiger partial charge in [-0.15, -0.1) is 0 Å². The van der Waals surface area contributed by atoms with Crippen LogP contribution < -0.4 is 0 Å². The number of carbonyl (C=O) groups is 5. The Morgan fingerprint density at radius 2 is 1.33 bits per heavy atom. The quantitative estimate of drug-likeness (QED) is 0.295. The zero-order valence-electron chi connectivity index (χ0n) is 15.4. The molecule has 5 atom stereocenters. The Morgan fingerprint density at radius 1 is 0.815 bits per heavy atom. The molecule has 1 rings (SSSR count). The highest BCUT2D eigenvalue weighted by Gasteiger charge is 2.52. The van der Waals surface area contributed by atoms with Gasteiger partial charge >= 0.3 is 23.9 Å². The predicted molar refractivity (Wildman–Crippen MR) is 84.0 cm³/mol. The highest BCUT2D eigenvalue weighted by atomic mass is 16.7. The second-order valence-corrected chi connectivity index (χ2v) is 5.57. The number of ether oxygens (including phenoxy) is 6. The van der Waals surface area contributed by atoms with E-state index >= 15 is 0 Å². The minimum Gasteiger partial charge on any atom is -0.463 e. The molecule has 0 unspecified atom stereocenters. The minimum atomic E-state index is -1.34. The van der Waals surface area contributed by atoms with Crippen LogP contribution in [0.2, 0.25) is 0 Å². The van der Waals surface area contributed by atoms with Gasteiger partial charge in [-0.1, -0.05) is 0 Å². The van der Waals surface area contributed by atoms with E-state index < -0.39 is 61.2 Å². The molecule has 1 fully saturated rings. The fourth-order valence-corrected chi connectivity index (χ4v) is 2.46. The highest BCUT2D eigenvalue weighted by molar-refractivity contribution is 5.68. The largest absolute Gasteiger partial charge is 0.463 e. The van der Waals surface area contributed by atoms with E-state index in [-0.39, 0.29) is 6.61 Å². The van der Waals surface area contributed by atoms with Gasteiger partial charge in [0.15, 0.2) is 24.6 Å². The maximum atomic E-state index is 11.5. The van der Waals surface area contributed by atoms with Gasteiger partial charge in [-0.05, 0) is 0 Å². The van der Waals surface area contributed by atoms with Crippen LogP contribution in [0.1, 0.15) is 27.7 Å². The maximum Gasteiger partial charge on any atom is 0.303 e. The molecule has 0 spiro atoms. The summed E-state index contributed by atoms with van der Waals surface area (Å²) in [4.78, 5) is 56.3. The van der Waals surface area contributed by atoms with Crippen LogP contribution in [-0.2, 0) is 52.4 Å². The van der Waals surface area contributed by atoms with E-state index in [0.29, 0.717) is 6.29 Å². The van der Waals surface area contributed by atoms with Crippen molar-refractivity contribution in [3.05, 3.63) is 0 Å². The fourth-order valence-electron chi connectivity index (χ4n) is 2.46. The molecule has 0 aromatic rings. The standard InChI is InChI=1S/C16H22O11/c1-8(18)23-7-12-13(24-9(2)19)14(25-10(3)20)15(26-11(4)21)16(27-12)22-6-5-17/h5,12-16H,6-7H2,1-4H3/t12-,13-,14+,15-,16+/m1/s1. The number of carbonyl (C=O) groups excluding carboxylic acids is 5. The molecule has 152 valence electrons. The molecule has 0 aromatic carbocycles. The molecular weight excluding hydrogens is 368 g/mol. The van der Waals surface area contributed by atoms with E-state index in [2.05, 4.69) is 0 Å². The van der Waals surface area contributed by atoms with Crippen LogP contribution in [0.25, 0.3) is 0 Å². The van der Waals surface area contributed by atoms with Crippen molar-refractivity contribution in [3.8, 4) is 0 Å². The molecular formula is C16H22O11. The molecule has 1 aliphatic heterocycles. The van der Waals surface area contributed by atoms with Gasteiger partial charge < -0.3 is 33.2 Å². The molecule has 0 aliphatic carbocycles. The lowest BCUT2D eigenvalue weighted by molar-refractivity contribution is -0.305. The van der Waals surface area contributed by atoms with Crippen molar-refractivity contribution in [1.29, 1.82) is 0 Å². The summed E-state index contributed by atoms with van der Waals surface area (Å²) < 4.78 is 31.1. The normalized spacial score (nSPS) is 27.2. The lowest BCUT2D eigenvalue weighted by Gasteiger charge is -2.43. The lowest BCUT2D eigenvalue weighted by atomic mass is 9.98. The van der Waals surface area contributed by atoms with Gasteiger partial charge in [0.2, 0.25) is 0 Å². The Kier molecular flexibility index (Phi) is 8.82. The van der Waals surface area contributed by atoms with E-state index in [1.54, 1.807) is 0 Å². The predicted octanol–water partition coefficient (Wildman–Crippen LogP) is -0.715. The molecule has 0 bridgehead atoms. The third-order valence-corrected chi connectivity index (χ3v) is 3.28. The molecule has 1 heterocycles. The summed E-state index contributed by atoms with van der Waals surface area (Å²) >= 11 is 0. The SMILES string of the molecule is CC(=O)OC[C@H]1O[C@H](OCC=O)[C@H](OC(C)=O)[C@@H](OC(C)=O)[C@@H]1OC(C)=O. The molecule has 11 nitrogen and oxygen atoms in total. The van der Waals surface area contributed by atoms with Gasteiger partial charge in [0, 0.05) is 27.7 Å². The Bertz CT molecular complexity index is 573. The minimum absolute atomic E-state index is 0.362. The molecule has 0 amide bonds. The Morgan fingerprint density at radius 3 is 1.81 bits per heavy atom. The first-order valence-corrected chi connectivity index (χ1v) is 8.01. The zero-order valence-corrected chi connectivity index (χ0v) is 15.4. The summed E-state index contributed by atoms with van der Waals surface area (Å²) in [6, 6.07) is 0. The smallest absolute Gasteiger partial charge is 0.303 e. The first-order chi connectivity index (χ1) is 12.6. The van der Waals surface area contributed by atoms with E-state index in [1.807, 2.05) is 0 Å². The van der Waals surface area contributed by atoms with Gasteiger partial charge in [0.25, 0.3) is 0 Å². The molecule has 0 N–H and O–H groups in total. The van der Waals surface area contributed by atoms with Crippen molar-refractivity contribution in [3.63, 3.8) is 0 Å². The second-order valence-electron chi connectivity index (χ2n) is 5.57. The van der Waals surface area contributed by atoms with E-state index in [1.165, 1.54) is 0 Å². The lowest BCUT2D eigenvalue weighted by Crippen LogP contribution is -2.63. The highest BCUT2D eigenvalue weighted by Crippen LogP contribution is 2.29. The third-order valence-electron chi connectivity index (χ3n) is 3.28. The molecule has 0 aromatic heterocycles. The van der Waals surface area contributed by atoms with Crippen LogP contribution in [0.3, 0.4) is 0 Å². The van der Waals surface area contributed by atoms with Gasteiger partial charge in [0.1, 0.15) is 25.6 Å². The van der Waals surface area contributed by atoms with Crippen LogP contribution >= 0.6 is 0 Å². The number of hydrogen-bond acceptors (Lipinski definition) is 11. The van der Waals surface area contributed by atoms with Crippen LogP contribution in [0.15, 0.2) is 0 Å². The number of rotatable bonds is 8. The van der Waals surface area contributed by atoms with Gasteiger partial charge in [0.05, 0.1) is 0 Å². The van der Waals surface area contributed by atoms with E-state index in [0.717, 1.165) is 27.7 Å². The maximum absolute atomic E-state index is 11.5. The van der Waals surface area contributed by atoms with Gasteiger partial charge in [-0.2, -0.15) is 0 Å². The van der Waals surface area contributed by atoms with Crippen molar-refractivity contribution in [2.45, 2.75) is 58.4 Å². The Hall–Kier alpha value is -2.53. The summed E-state index contributed by atoms with van der Waals surface area (Å²) in [5, 5.41) is 0. The van der Waals surface area contributed by atoms with Crippen molar-refractivity contribution < 1.29 is 52.4 Å². The number of esters is 4. The van der Waals surface area contributed by atoms with Crippen molar-refractivity contribution >= 4 is 30.2 Å². The van der Waals surface area contributed by atoms with Crippen molar-refractivity contribution in [1.82, 2.24) is 0 Å². The molecule has 27 heavy (non-hydrogen) atoms. The second kappa shape index (κ2) is 10.6. The fraction of sp³-hybridized carbons (Fsp3) is 0.688. The third kappa shape index (κ3) is 7.31. The van der Waals surface area contributed by atoms with Gasteiger partial charge in [-0.25, -0.2) is 0 Å². The van der Waals surface area contributed by atoms with E-state index in [4.69, 9.17) is 28.4 Å². The summed E-state index contributed by atoms with van der Waals surface area (Å²) in [6.45, 7) is 3.71. The van der Waals surface area contributed by atoms with Gasteiger partial charge in [-0.3, -0.25) is 19.2 Å². The summed E-state index contributed by atoms with van der Waals surface area (Å²) in [7, 11) is 0. The number of aldehydes is 1. The summed E-state index contributed by atoms with van der Waals surface area (Å²) in [5.74, 6) is -2.86. The first-order valence-electron chi connectivity index (χ1n) is 8.01. The topological polar surface area (TPSA) is 141 Å². The number of hydrogen-bond donors (Lipinski definition) is 0. The molecule has 0 saturated carbocycles. The summed E-state index contributed by atoms with van der Waals surface area (Å²) in [5.41, 5.74) is 0. The Balaban J connectivity index is 3.24. The van der Waals surface area contributed by atoms with Crippen molar-refractivity contribution in [2.24, 2.45) is 0 Å². The molecule has 1 aliphatic rings. The van der Waals surface area contributed by atoms with Crippen molar-refractivity contribution in [2.75, 3.05) is 13.2 Å². The Labute approximate surface area is 155 Å². The van der Waals surface area contributed by atoms with Crippen LogP contribution in [0.4, 0.5) is 0 Å². The molecule has 0 radical (unpaired) electrons. The average Bonchev–Trinajstić information content (AvgIpc) is 2.54. The first kappa shape index (κ1) is 22.5. The van der Waals surface area contributed by atoms with Crippen LogP contribution in [-0.4, -0.2) is 74.1 Å². The van der Waals surface area contributed by atoms with Crippen LogP contribution in [0.5, 0.6) is 0 Å². The molecule has 1 saturated heterocycles. The zero-order chi connectivity index (χ0) is 20.6. The average molecular weight is 390 g/mol. The van der Waals surface area contributed by atoms with Crippen LogP contribution in [0, 0.1) is 0 Å². The van der Waals surface area contributed by atoms with E-state index in [9.17, 15) is 24.0 Å². The molecule has 11 heteroatoms. The summed E-state index contributed by atoms with van der Waals surface area (Å²) in [6.07, 6.45) is -5.91. The monoisotopic (exact) mass is 390 g/mol.